The van der Waals surface area contributed by atoms with Crippen LogP contribution in [0.1, 0.15) is 51.0 Å². The van der Waals surface area contributed by atoms with Crippen LogP contribution in [0.25, 0.3) is 0 Å². The molecular formula is C22H27NO5. The topological polar surface area (TPSA) is 74.2 Å². The van der Waals surface area contributed by atoms with Gasteiger partial charge in [0.25, 0.3) is 0 Å². The quantitative estimate of drug-likeness (QED) is 0.696. The molecule has 6 heteroatoms. The molecule has 1 aliphatic carbocycles. The number of benzene rings is 1. The highest BCUT2D eigenvalue weighted by molar-refractivity contribution is 6.09. The van der Waals surface area contributed by atoms with Crippen molar-refractivity contribution in [3.63, 3.8) is 0 Å². The Morgan fingerprint density at radius 3 is 2.68 bits per heavy atom. The molecule has 0 fully saturated rings. The van der Waals surface area contributed by atoms with Crippen molar-refractivity contribution in [2.75, 3.05) is 20.8 Å². The van der Waals surface area contributed by atoms with Gasteiger partial charge >= 0.3 is 5.97 Å². The number of Topliss-reactive ketones (excluding diaryl/α,β-unsaturated/α-hetero) is 1. The van der Waals surface area contributed by atoms with Crippen molar-refractivity contribution in [3.05, 3.63) is 35.0 Å². The van der Waals surface area contributed by atoms with Gasteiger partial charge in [0.2, 0.25) is 0 Å². The lowest BCUT2D eigenvalue weighted by Gasteiger charge is -2.35. The maximum absolute atomic E-state index is 13.0. The van der Waals surface area contributed by atoms with Crippen molar-refractivity contribution >= 4 is 17.5 Å². The van der Waals surface area contributed by atoms with Crippen LogP contribution in [-0.4, -0.2) is 38.3 Å². The van der Waals surface area contributed by atoms with Gasteiger partial charge in [-0.25, -0.2) is 0 Å². The summed E-state index contributed by atoms with van der Waals surface area (Å²) in [6.07, 6.45) is 2.73. The lowest BCUT2D eigenvalue weighted by molar-refractivity contribution is -0.146. The third-order valence-electron chi connectivity index (χ3n) is 5.31. The minimum absolute atomic E-state index is 0.0497. The van der Waals surface area contributed by atoms with Crippen LogP contribution < -0.4 is 9.47 Å². The second-order valence-corrected chi connectivity index (χ2v) is 7.12. The summed E-state index contributed by atoms with van der Waals surface area (Å²) in [6.45, 7) is 4.13. The Balaban J connectivity index is 2.16. The molecule has 0 spiro atoms. The number of ether oxygens (including phenoxy) is 3. The van der Waals surface area contributed by atoms with Crippen molar-refractivity contribution in [2.24, 2.45) is 10.9 Å². The summed E-state index contributed by atoms with van der Waals surface area (Å²) < 4.78 is 16.4. The Morgan fingerprint density at radius 2 is 2.00 bits per heavy atom. The highest BCUT2D eigenvalue weighted by Gasteiger charge is 2.44. The molecule has 0 aromatic heterocycles. The molecule has 0 N–H and O–H groups in total. The van der Waals surface area contributed by atoms with Crippen molar-refractivity contribution < 1.29 is 23.8 Å². The maximum Gasteiger partial charge on any atom is 0.315 e. The van der Waals surface area contributed by atoms with Gasteiger partial charge in [-0.3, -0.25) is 14.6 Å². The molecule has 0 radical (unpaired) electrons. The van der Waals surface area contributed by atoms with Crippen LogP contribution in [0.2, 0.25) is 0 Å². The number of methoxy groups -OCH3 is 2. The average Bonchev–Trinajstić information content (AvgIpc) is 2.70. The number of rotatable bonds is 6. The number of hydrogen-bond donors (Lipinski definition) is 0. The van der Waals surface area contributed by atoms with Crippen LogP contribution in [0.4, 0.5) is 0 Å². The van der Waals surface area contributed by atoms with E-state index in [-0.39, 0.29) is 11.8 Å². The molecule has 1 aromatic rings. The van der Waals surface area contributed by atoms with Gasteiger partial charge in [0.05, 0.1) is 20.8 Å². The van der Waals surface area contributed by atoms with Gasteiger partial charge < -0.3 is 14.2 Å². The van der Waals surface area contributed by atoms with Crippen LogP contribution in [0.15, 0.2) is 34.5 Å². The van der Waals surface area contributed by atoms with Crippen LogP contribution in [-0.2, 0) is 14.3 Å². The number of carbonyl (C=O) groups is 2. The Labute approximate surface area is 165 Å². The van der Waals surface area contributed by atoms with Crippen molar-refractivity contribution in [2.45, 2.75) is 45.4 Å². The van der Waals surface area contributed by atoms with E-state index < -0.39 is 11.8 Å². The van der Waals surface area contributed by atoms with E-state index in [0.29, 0.717) is 35.8 Å². The summed E-state index contributed by atoms with van der Waals surface area (Å²) in [5.74, 6) is -0.182. The van der Waals surface area contributed by atoms with E-state index in [4.69, 9.17) is 14.2 Å². The van der Waals surface area contributed by atoms with Gasteiger partial charge in [0.1, 0.15) is 17.4 Å². The predicted octanol–water partition coefficient (Wildman–Crippen LogP) is 3.84. The summed E-state index contributed by atoms with van der Waals surface area (Å²) in [7, 11) is 3.16. The molecule has 1 aromatic carbocycles. The third-order valence-corrected chi connectivity index (χ3v) is 5.31. The minimum atomic E-state index is -0.644. The molecule has 2 atom stereocenters. The largest absolute Gasteiger partial charge is 0.497 e. The van der Waals surface area contributed by atoms with Gasteiger partial charge in [0.15, 0.2) is 5.78 Å². The summed E-state index contributed by atoms with van der Waals surface area (Å²) in [4.78, 5) is 30.5. The summed E-state index contributed by atoms with van der Waals surface area (Å²) in [6, 6.07) is 5.47. The minimum Gasteiger partial charge on any atom is -0.497 e. The number of hydrogen-bond acceptors (Lipinski definition) is 6. The molecular weight excluding hydrogens is 358 g/mol. The molecule has 28 heavy (non-hydrogen) atoms. The number of allylic oxidation sites excluding steroid dienone is 2. The van der Waals surface area contributed by atoms with Crippen molar-refractivity contribution in [1.82, 2.24) is 0 Å². The second kappa shape index (κ2) is 8.59. The zero-order valence-corrected chi connectivity index (χ0v) is 16.9. The van der Waals surface area contributed by atoms with Crippen molar-refractivity contribution in [3.8, 4) is 11.5 Å². The first kappa shape index (κ1) is 20.1. The number of esters is 1. The van der Waals surface area contributed by atoms with Crippen LogP contribution in [0, 0.1) is 5.92 Å². The fourth-order valence-electron chi connectivity index (χ4n) is 4.02. The molecule has 3 rings (SSSR count). The molecule has 1 unspecified atom stereocenters. The number of ketones is 1. The zero-order chi connectivity index (χ0) is 20.3. The molecule has 2 aliphatic rings. The molecule has 1 aliphatic heterocycles. The first-order valence-corrected chi connectivity index (χ1v) is 9.71. The van der Waals surface area contributed by atoms with Crippen LogP contribution in [0.3, 0.4) is 0 Å². The Bertz CT molecular complexity index is 839. The summed E-state index contributed by atoms with van der Waals surface area (Å²) in [5, 5.41) is 0. The highest BCUT2D eigenvalue weighted by Crippen LogP contribution is 2.46. The monoisotopic (exact) mass is 385 g/mol. The Kier molecular flexibility index (Phi) is 6.17. The summed E-state index contributed by atoms with van der Waals surface area (Å²) in [5.41, 5.74) is 2.87. The van der Waals surface area contributed by atoms with Crippen LogP contribution in [0.5, 0.6) is 11.5 Å². The molecule has 0 saturated heterocycles. The predicted molar refractivity (Wildman–Crippen MR) is 106 cm³/mol. The van der Waals surface area contributed by atoms with Crippen molar-refractivity contribution in [1.29, 1.82) is 0 Å². The number of nitrogens with zero attached hydrogens (tertiary/aromatic N) is 1. The standard InChI is InChI=1S/C22H27NO5/c1-5-11-28-22(25)19-13(2)23-16-7-6-8-17(24)21(16)20(19)15-10-9-14(26-3)12-18(15)27-4/h9-10,12,19-20H,5-8,11H2,1-4H3/t19?,20-/m0/s1. The lowest BCUT2D eigenvalue weighted by Crippen LogP contribution is -2.37. The first-order chi connectivity index (χ1) is 13.5. The smallest absolute Gasteiger partial charge is 0.315 e. The van der Waals surface area contributed by atoms with E-state index in [2.05, 4.69) is 4.99 Å². The Hall–Kier alpha value is -2.63. The van der Waals surface area contributed by atoms with E-state index in [1.165, 1.54) is 0 Å². The molecule has 0 saturated carbocycles. The van der Waals surface area contributed by atoms with Gasteiger partial charge in [-0.2, -0.15) is 0 Å². The summed E-state index contributed by atoms with van der Waals surface area (Å²) >= 11 is 0. The van der Waals surface area contributed by atoms with E-state index in [0.717, 1.165) is 30.5 Å². The normalized spacial score (nSPS) is 21.7. The first-order valence-electron chi connectivity index (χ1n) is 9.71. The SMILES string of the molecule is CCCOC(=O)C1C(C)=NC2=C(C(=O)CCC2)[C@H]1c1ccc(OC)cc1OC. The van der Waals surface area contributed by atoms with Crippen LogP contribution >= 0.6 is 0 Å². The zero-order valence-electron chi connectivity index (χ0n) is 16.9. The average molecular weight is 385 g/mol. The Morgan fingerprint density at radius 1 is 1.21 bits per heavy atom. The van der Waals surface area contributed by atoms with Gasteiger partial charge in [0, 0.05) is 41.0 Å². The molecule has 1 heterocycles. The highest BCUT2D eigenvalue weighted by atomic mass is 16.5. The van der Waals surface area contributed by atoms with E-state index >= 15 is 0 Å². The molecule has 0 amide bonds. The third kappa shape index (κ3) is 3.68. The van der Waals surface area contributed by atoms with E-state index in [1.807, 2.05) is 26.0 Å². The number of carbonyl (C=O) groups excluding carboxylic acids is 2. The maximum atomic E-state index is 13.0. The second-order valence-electron chi connectivity index (χ2n) is 7.12. The number of aliphatic imine (C=N–C) groups is 1. The van der Waals surface area contributed by atoms with E-state index in [9.17, 15) is 9.59 Å². The van der Waals surface area contributed by atoms with Gasteiger partial charge in [-0.05, 0) is 32.3 Å². The lowest BCUT2D eigenvalue weighted by atomic mass is 9.71. The molecule has 6 nitrogen and oxygen atoms in total. The molecule has 150 valence electrons. The van der Waals surface area contributed by atoms with Gasteiger partial charge in [-0.15, -0.1) is 0 Å². The fourth-order valence-corrected chi connectivity index (χ4v) is 4.02. The fraction of sp³-hybridized carbons (Fsp3) is 0.500. The molecule has 0 bridgehead atoms. The van der Waals surface area contributed by atoms with Gasteiger partial charge in [-0.1, -0.05) is 13.0 Å². The van der Waals surface area contributed by atoms with E-state index in [1.54, 1.807) is 20.3 Å².